The Labute approximate surface area is 98.4 Å². The molecule has 0 radical (unpaired) electrons. The maximum absolute atomic E-state index is 5.50. The third-order valence-electron chi connectivity index (χ3n) is 4.51. The van der Waals surface area contributed by atoms with Gasteiger partial charge in [0.2, 0.25) is 0 Å². The van der Waals surface area contributed by atoms with Crippen molar-refractivity contribution in [3.63, 3.8) is 0 Å². The molecule has 0 amide bonds. The maximum atomic E-state index is 5.50. The molecule has 2 nitrogen and oxygen atoms in total. The predicted octanol–water partition coefficient (Wildman–Crippen LogP) is 2.21. The summed E-state index contributed by atoms with van der Waals surface area (Å²) < 4.78 is 5.50. The summed E-state index contributed by atoms with van der Waals surface area (Å²) in [5.74, 6) is 3.48. The minimum Gasteiger partial charge on any atom is -0.381 e. The first-order valence-electron chi connectivity index (χ1n) is 6.88. The van der Waals surface area contributed by atoms with Crippen molar-refractivity contribution in [3.05, 3.63) is 12.2 Å². The largest absolute Gasteiger partial charge is 0.381 e. The zero-order valence-corrected chi connectivity index (χ0v) is 10.0. The number of allylic oxidation sites excluding steroid dienone is 2. The van der Waals surface area contributed by atoms with Crippen LogP contribution >= 0.6 is 0 Å². The molecule has 1 aliphatic heterocycles. The van der Waals surface area contributed by atoms with Gasteiger partial charge in [-0.15, -0.1) is 0 Å². The van der Waals surface area contributed by atoms with E-state index < -0.39 is 0 Å². The van der Waals surface area contributed by atoms with Crippen LogP contribution < -0.4 is 5.32 Å². The van der Waals surface area contributed by atoms with E-state index in [0.29, 0.717) is 0 Å². The van der Waals surface area contributed by atoms with E-state index in [1.54, 1.807) is 0 Å². The first-order chi connectivity index (χ1) is 7.92. The van der Waals surface area contributed by atoms with E-state index in [1.165, 1.54) is 32.2 Å². The van der Waals surface area contributed by atoms with Crippen molar-refractivity contribution in [2.75, 3.05) is 26.3 Å². The van der Waals surface area contributed by atoms with Crippen molar-refractivity contribution < 1.29 is 4.74 Å². The van der Waals surface area contributed by atoms with Gasteiger partial charge >= 0.3 is 0 Å². The lowest BCUT2D eigenvalue weighted by molar-refractivity contribution is 0.0544. The molecule has 2 aliphatic carbocycles. The van der Waals surface area contributed by atoms with Crippen LogP contribution in [0.1, 0.15) is 25.7 Å². The summed E-state index contributed by atoms with van der Waals surface area (Å²) in [4.78, 5) is 0. The van der Waals surface area contributed by atoms with Gasteiger partial charge in [-0.05, 0) is 55.9 Å². The van der Waals surface area contributed by atoms with E-state index in [1.807, 2.05) is 0 Å². The maximum Gasteiger partial charge on any atom is 0.0506 e. The molecule has 90 valence electrons. The Morgan fingerprint density at radius 1 is 1.19 bits per heavy atom. The molecule has 0 aromatic rings. The molecule has 0 aromatic carbocycles. The van der Waals surface area contributed by atoms with Crippen molar-refractivity contribution in [3.8, 4) is 0 Å². The fraction of sp³-hybridized carbons (Fsp3) is 0.857. The summed E-state index contributed by atoms with van der Waals surface area (Å²) in [5, 5.41) is 3.67. The molecule has 3 rings (SSSR count). The van der Waals surface area contributed by atoms with Crippen LogP contribution in [0.4, 0.5) is 0 Å². The molecule has 2 bridgehead atoms. The highest BCUT2D eigenvalue weighted by Crippen LogP contribution is 2.42. The lowest BCUT2D eigenvalue weighted by Gasteiger charge is -2.24. The lowest BCUT2D eigenvalue weighted by atomic mass is 9.93. The smallest absolute Gasteiger partial charge is 0.0506 e. The van der Waals surface area contributed by atoms with Crippen LogP contribution in [0.5, 0.6) is 0 Å². The quantitative estimate of drug-likeness (QED) is 0.735. The van der Waals surface area contributed by atoms with E-state index in [2.05, 4.69) is 17.5 Å². The van der Waals surface area contributed by atoms with Crippen LogP contribution in [-0.2, 0) is 4.74 Å². The van der Waals surface area contributed by atoms with Crippen molar-refractivity contribution >= 4 is 0 Å². The molecule has 2 heteroatoms. The van der Waals surface area contributed by atoms with Crippen molar-refractivity contribution in [1.29, 1.82) is 0 Å². The van der Waals surface area contributed by atoms with E-state index in [4.69, 9.17) is 4.74 Å². The third kappa shape index (κ3) is 2.33. The molecule has 1 heterocycles. The van der Waals surface area contributed by atoms with Gasteiger partial charge < -0.3 is 10.1 Å². The molecular weight excluding hydrogens is 198 g/mol. The average molecular weight is 221 g/mol. The number of hydrogen-bond donors (Lipinski definition) is 1. The van der Waals surface area contributed by atoms with Gasteiger partial charge in [0.1, 0.15) is 0 Å². The number of hydrogen-bond acceptors (Lipinski definition) is 2. The summed E-state index contributed by atoms with van der Waals surface area (Å²) in [6, 6.07) is 0. The predicted molar refractivity (Wildman–Crippen MR) is 65.3 cm³/mol. The second kappa shape index (κ2) is 4.89. The van der Waals surface area contributed by atoms with Gasteiger partial charge in [0.25, 0.3) is 0 Å². The average Bonchev–Trinajstić information content (AvgIpc) is 2.92. The Kier molecular flexibility index (Phi) is 3.30. The lowest BCUT2D eigenvalue weighted by Crippen LogP contribution is -2.33. The monoisotopic (exact) mass is 221 g/mol. The zero-order valence-electron chi connectivity index (χ0n) is 10.0. The van der Waals surface area contributed by atoms with Gasteiger partial charge in [-0.1, -0.05) is 12.2 Å². The molecule has 0 spiro atoms. The molecule has 1 saturated heterocycles. The fourth-order valence-electron chi connectivity index (χ4n) is 3.57. The first kappa shape index (κ1) is 10.8. The van der Waals surface area contributed by atoms with Crippen LogP contribution in [-0.4, -0.2) is 26.3 Å². The van der Waals surface area contributed by atoms with E-state index in [0.717, 1.165) is 43.4 Å². The van der Waals surface area contributed by atoms with Crippen molar-refractivity contribution in [2.45, 2.75) is 25.7 Å². The number of fused-ring (bicyclic) bond motifs is 2. The number of nitrogens with one attached hydrogen (secondary N) is 1. The standard InChI is InChI=1S/C14H23NO/c1-2-12(10-16-5-1)8-15-9-14-7-11-3-4-13(14)6-11/h3-4,11-15H,1-2,5-10H2. The Morgan fingerprint density at radius 2 is 2.19 bits per heavy atom. The highest BCUT2D eigenvalue weighted by Gasteiger charge is 2.35. The Hall–Kier alpha value is -0.340. The molecule has 0 aromatic heterocycles. The van der Waals surface area contributed by atoms with Crippen LogP contribution in [0.2, 0.25) is 0 Å². The minimum atomic E-state index is 0.767. The highest BCUT2D eigenvalue weighted by molar-refractivity contribution is 5.10. The third-order valence-corrected chi connectivity index (χ3v) is 4.51. The summed E-state index contributed by atoms with van der Waals surface area (Å²) in [6.07, 6.45) is 10.3. The summed E-state index contributed by atoms with van der Waals surface area (Å²) in [5.41, 5.74) is 0. The number of rotatable bonds is 4. The molecule has 3 aliphatic rings. The van der Waals surface area contributed by atoms with Gasteiger partial charge in [0, 0.05) is 13.2 Å². The molecule has 1 N–H and O–H groups in total. The Morgan fingerprint density at radius 3 is 2.88 bits per heavy atom. The van der Waals surface area contributed by atoms with Gasteiger partial charge in [-0.2, -0.15) is 0 Å². The van der Waals surface area contributed by atoms with Crippen LogP contribution in [0, 0.1) is 23.7 Å². The van der Waals surface area contributed by atoms with E-state index >= 15 is 0 Å². The van der Waals surface area contributed by atoms with E-state index in [-0.39, 0.29) is 0 Å². The second-order valence-electron chi connectivity index (χ2n) is 5.78. The molecule has 1 saturated carbocycles. The fourth-order valence-corrected chi connectivity index (χ4v) is 3.57. The molecule has 4 unspecified atom stereocenters. The van der Waals surface area contributed by atoms with Crippen molar-refractivity contribution in [2.24, 2.45) is 23.7 Å². The topological polar surface area (TPSA) is 21.3 Å². The SMILES string of the molecule is C1=CC2CC1CC2CNCC1CCCOC1. The normalized spacial score (nSPS) is 41.8. The minimum absolute atomic E-state index is 0.767. The molecular formula is C14H23NO. The number of ether oxygens (including phenoxy) is 1. The molecule has 4 atom stereocenters. The van der Waals surface area contributed by atoms with Crippen LogP contribution in [0.15, 0.2) is 12.2 Å². The first-order valence-corrected chi connectivity index (χ1v) is 6.88. The molecule has 16 heavy (non-hydrogen) atoms. The van der Waals surface area contributed by atoms with E-state index in [9.17, 15) is 0 Å². The second-order valence-corrected chi connectivity index (χ2v) is 5.78. The summed E-state index contributed by atoms with van der Waals surface area (Å²) in [6.45, 7) is 4.34. The highest BCUT2D eigenvalue weighted by atomic mass is 16.5. The Balaban J connectivity index is 1.36. The summed E-state index contributed by atoms with van der Waals surface area (Å²) in [7, 11) is 0. The van der Waals surface area contributed by atoms with Gasteiger partial charge in [-0.3, -0.25) is 0 Å². The van der Waals surface area contributed by atoms with Crippen LogP contribution in [0.25, 0.3) is 0 Å². The Bertz CT molecular complexity index is 257. The summed E-state index contributed by atoms with van der Waals surface area (Å²) >= 11 is 0. The van der Waals surface area contributed by atoms with Crippen molar-refractivity contribution in [1.82, 2.24) is 5.32 Å². The van der Waals surface area contributed by atoms with Gasteiger partial charge in [0.05, 0.1) is 6.61 Å². The zero-order chi connectivity index (χ0) is 10.8. The van der Waals surface area contributed by atoms with Gasteiger partial charge in [0.15, 0.2) is 0 Å². The van der Waals surface area contributed by atoms with Crippen LogP contribution in [0.3, 0.4) is 0 Å². The molecule has 2 fully saturated rings. The van der Waals surface area contributed by atoms with Gasteiger partial charge in [-0.25, -0.2) is 0 Å².